The Morgan fingerprint density at radius 2 is 2.15 bits per heavy atom. The normalized spacial score (nSPS) is 16.6. The van der Waals surface area contributed by atoms with Crippen LogP contribution >= 0.6 is 0 Å². The van der Waals surface area contributed by atoms with Crippen LogP contribution in [-0.2, 0) is 0 Å². The van der Waals surface area contributed by atoms with Crippen LogP contribution in [0.1, 0.15) is 29.9 Å². The monoisotopic (exact) mass is 273 g/mol. The van der Waals surface area contributed by atoms with E-state index >= 15 is 0 Å². The highest BCUT2D eigenvalue weighted by atomic mass is 16.3. The van der Waals surface area contributed by atoms with E-state index in [-0.39, 0.29) is 17.9 Å². The fourth-order valence-electron chi connectivity index (χ4n) is 2.28. The second-order valence-electron chi connectivity index (χ2n) is 5.19. The molecular weight excluding hydrogens is 258 g/mol. The number of H-pyrrole nitrogens is 1. The van der Waals surface area contributed by atoms with Crippen molar-refractivity contribution in [3.63, 3.8) is 0 Å². The Morgan fingerprint density at radius 3 is 2.85 bits per heavy atom. The lowest BCUT2D eigenvalue weighted by atomic mass is 9.80. The number of nitrogens with one attached hydrogen (secondary N) is 2. The minimum atomic E-state index is -0.799. The molecule has 1 aromatic carbocycles. The molecule has 2 aromatic rings. The lowest BCUT2D eigenvalue weighted by molar-refractivity contribution is -0.0301. The number of aromatic nitrogens is 2. The van der Waals surface area contributed by atoms with E-state index in [0.717, 1.165) is 6.42 Å². The number of carbonyl (C=O) groups excluding carboxylic acids is 1. The highest BCUT2D eigenvalue weighted by Crippen LogP contribution is 2.30. The highest BCUT2D eigenvalue weighted by Gasteiger charge is 2.34. The van der Waals surface area contributed by atoms with Crippen LogP contribution in [0.3, 0.4) is 0 Å². The Kier molecular flexibility index (Phi) is 3.02. The van der Waals surface area contributed by atoms with Gasteiger partial charge in [-0.3, -0.25) is 9.59 Å². The Bertz CT molecular complexity index is 719. The summed E-state index contributed by atoms with van der Waals surface area (Å²) in [6, 6.07) is 6.83. The third kappa shape index (κ3) is 2.30. The number of fused-ring (bicyclic) bond motifs is 1. The number of aliphatic hydroxyl groups is 1. The average Bonchev–Trinajstić information content (AvgIpc) is 2.42. The number of nitrogens with zero attached hydrogens (tertiary/aromatic N) is 1. The molecule has 1 aliphatic rings. The zero-order valence-electron chi connectivity index (χ0n) is 10.8. The standard InChI is InChI=1S/C14H15N3O3/c18-12-9-4-1-2-5-10(9)16-11(17-12)13(19)15-8-14(20)6-3-7-14/h1-2,4-5,20H,3,6-8H2,(H,15,19)(H,16,17,18). The molecule has 0 aliphatic heterocycles. The van der Waals surface area contributed by atoms with Gasteiger partial charge in [0.15, 0.2) is 5.82 Å². The Balaban J connectivity index is 1.82. The maximum atomic E-state index is 12.0. The smallest absolute Gasteiger partial charge is 0.287 e. The van der Waals surface area contributed by atoms with Gasteiger partial charge in [0.25, 0.3) is 11.5 Å². The predicted octanol–water partition coefficient (Wildman–Crippen LogP) is 0.568. The van der Waals surface area contributed by atoms with E-state index in [4.69, 9.17) is 0 Å². The Morgan fingerprint density at radius 1 is 1.40 bits per heavy atom. The van der Waals surface area contributed by atoms with Crippen LogP contribution in [0.5, 0.6) is 0 Å². The Hall–Kier alpha value is -2.21. The molecule has 20 heavy (non-hydrogen) atoms. The van der Waals surface area contributed by atoms with E-state index < -0.39 is 11.5 Å². The number of benzene rings is 1. The van der Waals surface area contributed by atoms with Gasteiger partial charge in [-0.1, -0.05) is 12.1 Å². The zero-order valence-corrected chi connectivity index (χ0v) is 10.8. The molecule has 1 heterocycles. The molecule has 1 aromatic heterocycles. The summed E-state index contributed by atoms with van der Waals surface area (Å²) < 4.78 is 0. The van der Waals surface area contributed by atoms with Crippen LogP contribution in [-0.4, -0.2) is 33.1 Å². The van der Waals surface area contributed by atoms with Crippen molar-refractivity contribution in [1.29, 1.82) is 0 Å². The second-order valence-corrected chi connectivity index (χ2v) is 5.19. The number of carbonyl (C=O) groups is 1. The molecule has 6 nitrogen and oxygen atoms in total. The van der Waals surface area contributed by atoms with Gasteiger partial charge >= 0.3 is 0 Å². The van der Waals surface area contributed by atoms with Crippen molar-refractivity contribution in [2.75, 3.05) is 6.54 Å². The quantitative estimate of drug-likeness (QED) is 0.761. The molecule has 3 rings (SSSR count). The maximum Gasteiger partial charge on any atom is 0.287 e. The minimum Gasteiger partial charge on any atom is -0.388 e. The van der Waals surface area contributed by atoms with E-state index in [0.29, 0.717) is 23.7 Å². The minimum absolute atomic E-state index is 0.0309. The fourth-order valence-corrected chi connectivity index (χ4v) is 2.28. The van der Waals surface area contributed by atoms with Crippen molar-refractivity contribution < 1.29 is 9.90 Å². The van der Waals surface area contributed by atoms with Gasteiger partial charge in [0.05, 0.1) is 16.5 Å². The van der Waals surface area contributed by atoms with Gasteiger partial charge in [-0.25, -0.2) is 4.98 Å². The molecule has 0 radical (unpaired) electrons. The van der Waals surface area contributed by atoms with Crippen LogP contribution in [0, 0.1) is 0 Å². The number of hydrogen-bond acceptors (Lipinski definition) is 4. The van der Waals surface area contributed by atoms with Gasteiger partial charge in [0.2, 0.25) is 0 Å². The number of aromatic amines is 1. The van der Waals surface area contributed by atoms with Crippen molar-refractivity contribution in [3.05, 3.63) is 40.4 Å². The molecule has 1 saturated carbocycles. The van der Waals surface area contributed by atoms with Crippen LogP contribution < -0.4 is 10.9 Å². The SMILES string of the molecule is O=C(NCC1(O)CCC1)c1nc2ccccc2c(=O)[nH]1. The number of hydrogen-bond donors (Lipinski definition) is 3. The van der Waals surface area contributed by atoms with Crippen molar-refractivity contribution >= 4 is 16.8 Å². The van der Waals surface area contributed by atoms with Crippen molar-refractivity contribution in [2.45, 2.75) is 24.9 Å². The molecule has 0 saturated heterocycles. The second kappa shape index (κ2) is 4.72. The van der Waals surface area contributed by atoms with Crippen LogP contribution in [0.2, 0.25) is 0 Å². The molecule has 1 aliphatic carbocycles. The molecule has 0 bridgehead atoms. The van der Waals surface area contributed by atoms with Gasteiger partial charge in [-0.2, -0.15) is 0 Å². The van der Waals surface area contributed by atoms with Crippen molar-refractivity contribution in [3.8, 4) is 0 Å². The summed E-state index contributed by atoms with van der Waals surface area (Å²) in [6.45, 7) is 0.183. The Labute approximate surface area is 114 Å². The first-order valence-electron chi connectivity index (χ1n) is 6.57. The summed E-state index contributed by atoms with van der Waals surface area (Å²) >= 11 is 0. The largest absolute Gasteiger partial charge is 0.388 e. The summed E-state index contributed by atoms with van der Waals surface area (Å²) in [5, 5.41) is 13.0. The summed E-state index contributed by atoms with van der Waals surface area (Å²) in [4.78, 5) is 30.4. The summed E-state index contributed by atoms with van der Waals surface area (Å²) in [5.41, 5.74) is -0.667. The lowest BCUT2D eigenvalue weighted by Crippen LogP contribution is -2.48. The topological polar surface area (TPSA) is 95.1 Å². The first kappa shape index (κ1) is 12.8. The zero-order chi connectivity index (χ0) is 14.2. The lowest BCUT2D eigenvalue weighted by Gasteiger charge is -2.36. The van der Waals surface area contributed by atoms with E-state index in [2.05, 4.69) is 15.3 Å². The number of amides is 1. The highest BCUT2D eigenvalue weighted by molar-refractivity contribution is 5.92. The molecule has 1 amide bonds. The molecule has 6 heteroatoms. The number of rotatable bonds is 3. The van der Waals surface area contributed by atoms with E-state index in [1.807, 2.05) is 0 Å². The molecule has 0 unspecified atom stereocenters. The van der Waals surface area contributed by atoms with Crippen molar-refractivity contribution in [2.24, 2.45) is 0 Å². The van der Waals surface area contributed by atoms with Gasteiger partial charge in [0, 0.05) is 6.54 Å². The van der Waals surface area contributed by atoms with Gasteiger partial charge in [-0.15, -0.1) is 0 Å². The first-order chi connectivity index (χ1) is 9.57. The molecule has 104 valence electrons. The molecule has 0 atom stereocenters. The van der Waals surface area contributed by atoms with Crippen LogP contribution in [0.25, 0.3) is 10.9 Å². The maximum absolute atomic E-state index is 12.0. The molecule has 3 N–H and O–H groups in total. The summed E-state index contributed by atoms with van der Waals surface area (Å²) in [6.07, 6.45) is 2.35. The van der Waals surface area contributed by atoms with Crippen LogP contribution in [0.4, 0.5) is 0 Å². The average molecular weight is 273 g/mol. The van der Waals surface area contributed by atoms with E-state index in [1.165, 1.54) is 0 Å². The van der Waals surface area contributed by atoms with Gasteiger partial charge < -0.3 is 15.4 Å². The third-order valence-corrected chi connectivity index (χ3v) is 3.69. The third-order valence-electron chi connectivity index (χ3n) is 3.69. The molecular formula is C14H15N3O3. The van der Waals surface area contributed by atoms with Gasteiger partial charge in [0.1, 0.15) is 0 Å². The van der Waals surface area contributed by atoms with Crippen LogP contribution in [0.15, 0.2) is 29.1 Å². The van der Waals surface area contributed by atoms with E-state index in [1.54, 1.807) is 24.3 Å². The first-order valence-corrected chi connectivity index (χ1v) is 6.57. The molecule has 1 fully saturated rings. The summed E-state index contributed by atoms with van der Waals surface area (Å²) in [5.74, 6) is -0.509. The predicted molar refractivity (Wildman–Crippen MR) is 73.5 cm³/mol. The van der Waals surface area contributed by atoms with Gasteiger partial charge in [-0.05, 0) is 31.4 Å². The number of para-hydroxylation sites is 1. The molecule has 0 spiro atoms. The van der Waals surface area contributed by atoms with Crippen molar-refractivity contribution in [1.82, 2.24) is 15.3 Å². The summed E-state index contributed by atoms with van der Waals surface area (Å²) in [7, 11) is 0. The van der Waals surface area contributed by atoms with E-state index in [9.17, 15) is 14.7 Å². The fraction of sp³-hybridized carbons (Fsp3) is 0.357.